The third kappa shape index (κ3) is 7.44. The fourth-order valence-corrected chi connectivity index (χ4v) is 5.87. The molecule has 0 saturated carbocycles. The Bertz CT molecular complexity index is 1510. The second kappa shape index (κ2) is 12.6. The van der Waals surface area contributed by atoms with E-state index in [4.69, 9.17) is 4.74 Å². The highest BCUT2D eigenvalue weighted by atomic mass is 19.4. The van der Waals surface area contributed by atoms with Crippen LogP contribution in [0.25, 0.3) is 0 Å². The number of halogens is 7. The number of likely N-dealkylation sites (tertiary alicyclic amines) is 1. The number of cyclic esters (lactones) is 1. The zero-order valence-electron chi connectivity index (χ0n) is 25.4. The van der Waals surface area contributed by atoms with Crippen molar-refractivity contribution in [2.75, 3.05) is 26.7 Å². The number of hydrogen-bond acceptors (Lipinski definition) is 5. The number of rotatable bonds is 7. The third-order valence-electron chi connectivity index (χ3n) is 8.23. The number of imide groups is 1. The molecule has 2 aliphatic heterocycles. The summed E-state index contributed by atoms with van der Waals surface area (Å²) in [6, 6.07) is 5.02. The molecule has 2 aliphatic rings. The van der Waals surface area contributed by atoms with Crippen LogP contribution in [-0.4, -0.2) is 70.8 Å². The van der Waals surface area contributed by atoms with Crippen LogP contribution in [-0.2, 0) is 38.0 Å². The Morgan fingerprint density at radius 3 is 2.13 bits per heavy atom. The first-order chi connectivity index (χ1) is 21.2. The Labute approximate surface area is 260 Å². The molecule has 15 heteroatoms. The average Bonchev–Trinajstić information content (AvgIpc) is 3.14. The van der Waals surface area contributed by atoms with Gasteiger partial charge < -0.3 is 14.5 Å². The van der Waals surface area contributed by atoms with E-state index >= 15 is 0 Å². The summed E-state index contributed by atoms with van der Waals surface area (Å²) in [4.78, 5) is 54.8. The number of hydrogen-bond donors (Lipinski definition) is 0. The molecule has 4 amide bonds. The van der Waals surface area contributed by atoms with Crippen molar-refractivity contribution in [2.45, 2.75) is 64.0 Å². The summed E-state index contributed by atoms with van der Waals surface area (Å²) in [5.41, 5.74) is -3.74. The molecule has 2 aromatic rings. The summed E-state index contributed by atoms with van der Waals surface area (Å²) < 4.78 is 99.4. The minimum Gasteiger partial charge on any atom is -0.433 e. The van der Waals surface area contributed by atoms with Gasteiger partial charge in [-0.15, -0.1) is 0 Å². The fraction of sp³-hybridized carbons (Fsp3) is 0.484. The second-order valence-electron chi connectivity index (χ2n) is 12.0. The van der Waals surface area contributed by atoms with Gasteiger partial charge in [-0.05, 0) is 74.2 Å². The quantitative estimate of drug-likeness (QED) is 0.345. The molecule has 8 nitrogen and oxygen atoms in total. The Morgan fingerprint density at radius 1 is 1.00 bits per heavy atom. The van der Waals surface area contributed by atoms with Gasteiger partial charge in [-0.2, -0.15) is 26.3 Å². The third-order valence-corrected chi connectivity index (χ3v) is 8.23. The van der Waals surface area contributed by atoms with E-state index in [2.05, 4.69) is 0 Å². The van der Waals surface area contributed by atoms with Crippen molar-refractivity contribution in [1.82, 2.24) is 14.7 Å². The molecule has 0 spiro atoms. The maximum absolute atomic E-state index is 14.0. The van der Waals surface area contributed by atoms with Crippen LogP contribution in [0.5, 0.6) is 0 Å². The first kappa shape index (κ1) is 34.7. The van der Waals surface area contributed by atoms with Gasteiger partial charge in [0.2, 0.25) is 11.8 Å². The molecule has 2 saturated heterocycles. The van der Waals surface area contributed by atoms with Crippen molar-refractivity contribution < 1.29 is 54.6 Å². The van der Waals surface area contributed by atoms with Crippen molar-refractivity contribution in [3.63, 3.8) is 0 Å². The van der Waals surface area contributed by atoms with E-state index in [0.717, 1.165) is 9.80 Å². The van der Waals surface area contributed by atoms with E-state index in [1.165, 1.54) is 44.0 Å². The number of amides is 4. The molecule has 0 radical (unpaired) electrons. The number of aryl methyl sites for hydroxylation is 1. The summed E-state index contributed by atoms with van der Waals surface area (Å²) in [6.45, 7) is 3.69. The highest BCUT2D eigenvalue weighted by molar-refractivity contribution is 6.02. The topological polar surface area (TPSA) is 87.2 Å². The molecule has 46 heavy (non-hydrogen) atoms. The van der Waals surface area contributed by atoms with Crippen LogP contribution < -0.4 is 0 Å². The maximum atomic E-state index is 14.0. The van der Waals surface area contributed by atoms with E-state index in [9.17, 15) is 49.9 Å². The minimum atomic E-state index is -5.05. The SMILES string of the molecule is Cc1cc(F)ccc1[C@H]1CN(C(=O)CCN2C(=O)OC(C)(C)C2=O)CC[C@@H]1C(=O)N(C)Cc1cc(C(F)(F)F)cc(C(F)(F)F)c1. The van der Waals surface area contributed by atoms with Gasteiger partial charge in [-0.1, -0.05) is 6.07 Å². The highest BCUT2D eigenvalue weighted by Crippen LogP contribution is 2.38. The van der Waals surface area contributed by atoms with Crippen LogP contribution in [0.4, 0.5) is 35.5 Å². The smallest absolute Gasteiger partial charge is 0.417 e. The molecular formula is C31H32F7N3O5. The zero-order chi connectivity index (χ0) is 34.4. The van der Waals surface area contributed by atoms with Crippen molar-refractivity contribution in [3.05, 3.63) is 70.0 Å². The van der Waals surface area contributed by atoms with Gasteiger partial charge in [-0.25, -0.2) is 14.1 Å². The van der Waals surface area contributed by atoms with E-state index in [0.29, 0.717) is 23.3 Å². The van der Waals surface area contributed by atoms with Crippen LogP contribution in [0.3, 0.4) is 0 Å². The molecule has 2 aromatic carbocycles. The van der Waals surface area contributed by atoms with Gasteiger partial charge in [-0.3, -0.25) is 14.4 Å². The number of benzene rings is 2. The largest absolute Gasteiger partial charge is 0.433 e. The van der Waals surface area contributed by atoms with E-state index in [1.807, 2.05) is 0 Å². The predicted molar refractivity (Wildman–Crippen MR) is 148 cm³/mol. The fourth-order valence-electron chi connectivity index (χ4n) is 5.87. The zero-order valence-corrected chi connectivity index (χ0v) is 25.4. The van der Waals surface area contributed by atoms with Crippen LogP contribution in [0.15, 0.2) is 36.4 Å². The molecule has 0 aromatic heterocycles. The van der Waals surface area contributed by atoms with Crippen LogP contribution >= 0.6 is 0 Å². The number of carbonyl (C=O) groups excluding carboxylic acids is 4. The highest BCUT2D eigenvalue weighted by Gasteiger charge is 2.47. The lowest BCUT2D eigenvalue weighted by atomic mass is 9.78. The summed E-state index contributed by atoms with van der Waals surface area (Å²) >= 11 is 0. The Kier molecular flexibility index (Phi) is 9.47. The lowest BCUT2D eigenvalue weighted by molar-refractivity contribution is -0.143. The molecule has 2 heterocycles. The first-order valence-corrected chi connectivity index (χ1v) is 14.3. The number of carbonyl (C=O) groups is 4. The average molecular weight is 660 g/mol. The van der Waals surface area contributed by atoms with Crippen molar-refractivity contribution in [1.29, 1.82) is 0 Å². The van der Waals surface area contributed by atoms with Crippen molar-refractivity contribution in [2.24, 2.45) is 5.92 Å². The van der Waals surface area contributed by atoms with Gasteiger partial charge >= 0.3 is 18.4 Å². The van der Waals surface area contributed by atoms with Gasteiger partial charge in [0.15, 0.2) is 5.60 Å². The van der Waals surface area contributed by atoms with Crippen LogP contribution in [0.2, 0.25) is 0 Å². The molecule has 2 fully saturated rings. The van der Waals surface area contributed by atoms with E-state index in [1.54, 1.807) is 6.92 Å². The molecule has 4 rings (SSSR count). The Hall–Kier alpha value is -4.17. The number of piperidine rings is 1. The molecule has 0 aliphatic carbocycles. The van der Waals surface area contributed by atoms with Crippen LogP contribution in [0, 0.1) is 18.7 Å². The molecule has 0 N–H and O–H groups in total. The first-order valence-electron chi connectivity index (χ1n) is 14.3. The Morgan fingerprint density at radius 2 is 1.61 bits per heavy atom. The number of nitrogens with zero attached hydrogens (tertiary/aromatic N) is 3. The van der Waals surface area contributed by atoms with Gasteiger partial charge in [0, 0.05) is 51.5 Å². The lowest BCUT2D eigenvalue weighted by Crippen LogP contribution is -2.48. The monoisotopic (exact) mass is 659 g/mol. The Balaban J connectivity index is 1.55. The molecular weight excluding hydrogens is 627 g/mol. The van der Waals surface area contributed by atoms with Crippen LogP contribution in [0.1, 0.15) is 60.4 Å². The summed E-state index contributed by atoms with van der Waals surface area (Å²) in [6.07, 6.45) is -11.1. The predicted octanol–water partition coefficient (Wildman–Crippen LogP) is 5.91. The molecule has 0 bridgehead atoms. The van der Waals surface area contributed by atoms with Gasteiger partial charge in [0.1, 0.15) is 5.82 Å². The molecule has 0 unspecified atom stereocenters. The lowest BCUT2D eigenvalue weighted by Gasteiger charge is -2.40. The summed E-state index contributed by atoms with van der Waals surface area (Å²) in [7, 11) is 1.26. The molecule has 2 atom stereocenters. The van der Waals surface area contributed by atoms with E-state index < -0.39 is 77.1 Å². The maximum Gasteiger partial charge on any atom is 0.417 e. The van der Waals surface area contributed by atoms with Gasteiger partial charge in [0.05, 0.1) is 11.1 Å². The second-order valence-corrected chi connectivity index (χ2v) is 12.0. The van der Waals surface area contributed by atoms with Crippen molar-refractivity contribution >= 4 is 23.8 Å². The number of ether oxygens (including phenoxy) is 1. The normalized spacial score (nSPS) is 20.2. The minimum absolute atomic E-state index is 0.00876. The molecule has 250 valence electrons. The summed E-state index contributed by atoms with van der Waals surface area (Å²) in [5, 5.41) is 0. The standard InChI is InChI=1S/C31H32F7N3O5/c1-17-11-21(32)5-6-22(17)24-16-40(25(42)8-10-41-27(44)29(2,3)46-28(41)45)9-7-23(24)26(43)39(4)15-18-12-19(30(33,34)35)14-20(13-18)31(36,37)38/h5-6,11-14,23-24H,7-10,15-16H2,1-4H3/t23-,24+/m0/s1. The van der Waals surface area contributed by atoms with Gasteiger partial charge in [0.25, 0.3) is 5.91 Å². The number of alkyl halides is 6. The van der Waals surface area contributed by atoms with E-state index in [-0.39, 0.29) is 44.1 Å². The summed E-state index contributed by atoms with van der Waals surface area (Å²) in [5.74, 6) is -3.72. The van der Waals surface area contributed by atoms with Crippen molar-refractivity contribution in [3.8, 4) is 0 Å².